The van der Waals surface area contributed by atoms with Crippen molar-refractivity contribution in [1.82, 2.24) is 24.1 Å². The molecule has 0 aliphatic heterocycles. The van der Waals surface area contributed by atoms with E-state index in [-0.39, 0.29) is 0 Å². The number of hydrogen-bond donors (Lipinski definition) is 0. The van der Waals surface area contributed by atoms with Gasteiger partial charge in [-0.1, -0.05) is 170 Å². The van der Waals surface area contributed by atoms with Gasteiger partial charge >= 0.3 is 0 Å². The second-order valence-corrected chi connectivity index (χ2v) is 18.3. The van der Waals surface area contributed by atoms with Crippen molar-refractivity contribution < 1.29 is 4.42 Å². The normalized spacial score (nSPS) is 11.9. The summed E-state index contributed by atoms with van der Waals surface area (Å²) in [5.74, 6) is 1.70. The first-order chi connectivity index (χ1) is 35.2. The number of aromatic nitrogens is 5. The van der Waals surface area contributed by atoms with Gasteiger partial charge in [-0.15, -0.1) is 0 Å². The molecule has 0 spiro atoms. The number of fused-ring (bicyclic) bond motifs is 12. The lowest BCUT2D eigenvalue weighted by atomic mass is 10.0. The molecule has 15 aromatic rings. The van der Waals surface area contributed by atoms with E-state index in [9.17, 15) is 0 Å². The highest BCUT2D eigenvalue weighted by Crippen LogP contribution is 2.44. The fourth-order valence-corrected chi connectivity index (χ4v) is 11.1. The third-order valence-electron chi connectivity index (χ3n) is 14.3. The average molecular weight is 906 g/mol. The molecular weight excluding hydrogens is 867 g/mol. The fraction of sp³-hybridized carbons (Fsp3) is 0. The summed E-state index contributed by atoms with van der Waals surface area (Å²) in [6.07, 6.45) is 0. The van der Waals surface area contributed by atoms with Crippen LogP contribution >= 0.6 is 0 Å². The number of rotatable bonds is 6. The second kappa shape index (κ2) is 15.4. The van der Waals surface area contributed by atoms with E-state index in [1.165, 1.54) is 21.5 Å². The minimum atomic E-state index is 0.549. The van der Waals surface area contributed by atoms with Crippen LogP contribution in [-0.2, 0) is 0 Å². The standard InChI is InChI=1S/C65H39N5O/c1-3-17-40(18-4-1)42-22-15-23-45(35-42)63-66-64(52-29-16-32-57-60(52)50-28-12-14-31-56(50)69(57)46-24-5-2-6-25-46)68-65(67-63)54-38-47(39-59-61(54)51-34-33-41-19-9-10-26-48(41)62(51)71-59)70-55-30-13-11-27-49(55)53-36-43-20-7-8-21-44(43)37-58(53)70/h1-39H. The Labute approximate surface area is 407 Å². The van der Waals surface area contributed by atoms with Crippen molar-refractivity contribution >= 4 is 87.1 Å². The Morgan fingerprint density at radius 1 is 0.296 bits per heavy atom. The molecule has 0 amide bonds. The first-order valence-corrected chi connectivity index (χ1v) is 24.0. The minimum Gasteiger partial charge on any atom is -0.455 e. The third-order valence-corrected chi connectivity index (χ3v) is 14.3. The zero-order chi connectivity index (χ0) is 46.6. The van der Waals surface area contributed by atoms with Crippen molar-refractivity contribution in [3.05, 3.63) is 237 Å². The number of benzene rings is 11. The topological polar surface area (TPSA) is 61.7 Å². The SMILES string of the molecule is c1ccc(-c2cccc(-c3nc(-c4cc(-n5c6ccccc6c6cc7ccccc7cc65)cc5oc6c7ccccc7ccc6c45)nc(-c4cccc5c4c4ccccc4n5-c4ccccc4)n3)c2)cc1. The van der Waals surface area contributed by atoms with E-state index in [0.29, 0.717) is 17.5 Å². The molecule has 4 aromatic heterocycles. The van der Waals surface area contributed by atoms with Crippen LogP contribution in [0.3, 0.4) is 0 Å². The lowest BCUT2D eigenvalue weighted by Gasteiger charge is -2.14. The Kier molecular flexibility index (Phi) is 8.56. The lowest BCUT2D eigenvalue weighted by Crippen LogP contribution is -2.02. The van der Waals surface area contributed by atoms with Crippen molar-refractivity contribution in [2.45, 2.75) is 0 Å². The Morgan fingerprint density at radius 3 is 1.70 bits per heavy atom. The summed E-state index contributed by atoms with van der Waals surface area (Å²) < 4.78 is 11.8. The summed E-state index contributed by atoms with van der Waals surface area (Å²) in [5, 5.41) is 11.0. The Balaban J connectivity index is 1.06. The molecule has 6 heteroatoms. The first-order valence-electron chi connectivity index (χ1n) is 24.0. The minimum absolute atomic E-state index is 0.549. The van der Waals surface area contributed by atoms with Gasteiger partial charge in [0, 0.05) is 66.1 Å². The predicted octanol–water partition coefficient (Wildman–Crippen LogP) is 16.9. The van der Waals surface area contributed by atoms with E-state index in [4.69, 9.17) is 19.4 Å². The maximum atomic E-state index is 7.12. The van der Waals surface area contributed by atoms with Crippen LogP contribution in [0.5, 0.6) is 0 Å². The predicted molar refractivity (Wildman–Crippen MR) is 293 cm³/mol. The van der Waals surface area contributed by atoms with Gasteiger partial charge in [0.25, 0.3) is 0 Å². The fourth-order valence-electron chi connectivity index (χ4n) is 11.1. The van der Waals surface area contributed by atoms with E-state index < -0.39 is 0 Å². The molecule has 11 aromatic carbocycles. The van der Waals surface area contributed by atoms with Gasteiger partial charge in [0.1, 0.15) is 11.2 Å². The molecule has 0 saturated heterocycles. The summed E-state index contributed by atoms with van der Waals surface area (Å²) in [4.78, 5) is 16.6. The van der Waals surface area contributed by atoms with E-state index >= 15 is 0 Å². The van der Waals surface area contributed by atoms with Crippen LogP contribution < -0.4 is 0 Å². The Bertz CT molecular complexity index is 4640. The molecule has 330 valence electrons. The van der Waals surface area contributed by atoms with Crippen molar-refractivity contribution in [2.24, 2.45) is 0 Å². The third kappa shape index (κ3) is 6.11. The average Bonchev–Trinajstić information content (AvgIpc) is 4.10. The van der Waals surface area contributed by atoms with E-state index in [1.54, 1.807) is 0 Å². The summed E-state index contributed by atoms with van der Waals surface area (Å²) in [6.45, 7) is 0. The summed E-state index contributed by atoms with van der Waals surface area (Å²) in [6, 6.07) is 83.8. The van der Waals surface area contributed by atoms with E-state index in [1.807, 2.05) is 6.07 Å². The van der Waals surface area contributed by atoms with Crippen LogP contribution in [0.15, 0.2) is 241 Å². The Morgan fingerprint density at radius 2 is 0.887 bits per heavy atom. The summed E-state index contributed by atoms with van der Waals surface area (Å²) in [7, 11) is 0. The van der Waals surface area contributed by atoms with Crippen molar-refractivity contribution in [1.29, 1.82) is 0 Å². The molecular formula is C65H39N5O. The molecule has 0 unspecified atom stereocenters. The smallest absolute Gasteiger partial charge is 0.164 e. The largest absolute Gasteiger partial charge is 0.455 e. The quantitative estimate of drug-likeness (QED) is 0.167. The van der Waals surface area contributed by atoms with Gasteiger partial charge in [-0.3, -0.25) is 0 Å². The number of para-hydroxylation sites is 3. The van der Waals surface area contributed by atoms with Gasteiger partial charge in [0.05, 0.1) is 27.8 Å². The molecule has 0 radical (unpaired) electrons. The number of nitrogens with zero attached hydrogens (tertiary/aromatic N) is 5. The monoisotopic (exact) mass is 905 g/mol. The molecule has 0 fully saturated rings. The van der Waals surface area contributed by atoms with Crippen LogP contribution in [0, 0.1) is 0 Å². The van der Waals surface area contributed by atoms with Crippen LogP contribution in [0.25, 0.3) is 144 Å². The van der Waals surface area contributed by atoms with Crippen LogP contribution in [0.1, 0.15) is 0 Å². The molecule has 6 nitrogen and oxygen atoms in total. The number of furan rings is 1. The van der Waals surface area contributed by atoms with Gasteiger partial charge in [-0.05, 0) is 87.9 Å². The first kappa shape index (κ1) is 39.4. The van der Waals surface area contributed by atoms with Gasteiger partial charge in [0.2, 0.25) is 0 Å². The molecule has 0 saturated carbocycles. The summed E-state index contributed by atoms with van der Waals surface area (Å²) in [5.41, 5.74) is 12.8. The van der Waals surface area contributed by atoms with Crippen molar-refractivity contribution in [3.8, 4) is 56.7 Å². The molecule has 71 heavy (non-hydrogen) atoms. The molecule has 0 atom stereocenters. The zero-order valence-electron chi connectivity index (χ0n) is 38.2. The van der Waals surface area contributed by atoms with Gasteiger partial charge in [0.15, 0.2) is 17.5 Å². The van der Waals surface area contributed by atoms with Crippen LogP contribution in [0.2, 0.25) is 0 Å². The van der Waals surface area contributed by atoms with E-state index in [2.05, 4.69) is 240 Å². The molecule has 0 aliphatic carbocycles. The van der Waals surface area contributed by atoms with E-state index in [0.717, 1.165) is 105 Å². The van der Waals surface area contributed by atoms with Gasteiger partial charge in [-0.25, -0.2) is 15.0 Å². The second-order valence-electron chi connectivity index (χ2n) is 18.3. The number of hydrogen-bond acceptors (Lipinski definition) is 4. The molecule has 0 aliphatic rings. The van der Waals surface area contributed by atoms with Gasteiger partial charge in [-0.2, -0.15) is 0 Å². The molecule has 15 rings (SSSR count). The maximum Gasteiger partial charge on any atom is 0.164 e. The highest BCUT2D eigenvalue weighted by molar-refractivity contribution is 6.20. The Hall–Kier alpha value is -9.65. The summed E-state index contributed by atoms with van der Waals surface area (Å²) >= 11 is 0. The van der Waals surface area contributed by atoms with Crippen molar-refractivity contribution in [2.75, 3.05) is 0 Å². The molecule has 4 heterocycles. The molecule has 0 bridgehead atoms. The highest BCUT2D eigenvalue weighted by atomic mass is 16.3. The maximum absolute atomic E-state index is 7.12. The van der Waals surface area contributed by atoms with Crippen LogP contribution in [0.4, 0.5) is 0 Å². The van der Waals surface area contributed by atoms with Crippen LogP contribution in [-0.4, -0.2) is 24.1 Å². The highest BCUT2D eigenvalue weighted by Gasteiger charge is 2.24. The van der Waals surface area contributed by atoms with Gasteiger partial charge < -0.3 is 13.6 Å². The van der Waals surface area contributed by atoms with Crippen molar-refractivity contribution in [3.63, 3.8) is 0 Å². The lowest BCUT2D eigenvalue weighted by molar-refractivity contribution is 0.672. The molecule has 0 N–H and O–H groups in total. The zero-order valence-corrected chi connectivity index (χ0v) is 38.2.